The first-order valence-electron chi connectivity index (χ1n) is 15.8. The molecule has 4 rings (SSSR count). The van der Waals surface area contributed by atoms with Crippen LogP contribution in [-0.4, -0.2) is 132 Å². The Morgan fingerprint density at radius 3 is 1.51 bits per heavy atom. The molecule has 0 spiro atoms. The number of carbonyl (C=O) groups excluding carboxylic acids is 4. The van der Waals surface area contributed by atoms with Crippen LogP contribution in [-0.2, 0) is 28.7 Å². The molecule has 4 heterocycles. The molecule has 19 heteroatoms. The third-order valence-electron chi connectivity index (χ3n) is 8.26. The van der Waals surface area contributed by atoms with Crippen molar-refractivity contribution in [3.63, 3.8) is 0 Å². The van der Waals surface area contributed by atoms with Gasteiger partial charge in [-0.1, -0.05) is 0 Å². The van der Waals surface area contributed by atoms with E-state index in [0.717, 1.165) is 44.4 Å². The molecule has 12 nitrogen and oxygen atoms in total. The molecule has 4 N–H and O–H groups in total. The molecule has 4 aliphatic rings. The van der Waals surface area contributed by atoms with Gasteiger partial charge < -0.3 is 40.1 Å². The minimum Gasteiger partial charge on any atom is -0.468 e. The van der Waals surface area contributed by atoms with Crippen molar-refractivity contribution in [2.45, 2.75) is 127 Å². The van der Waals surface area contributed by atoms with Crippen LogP contribution >= 0.6 is 12.4 Å². The van der Waals surface area contributed by atoms with Crippen LogP contribution in [0, 0.1) is 0 Å². The number of ether oxygens (including phenoxy) is 2. The van der Waals surface area contributed by atoms with Crippen LogP contribution < -0.4 is 10.6 Å². The number of hydrogen-bond acceptors (Lipinski definition) is 10. The van der Waals surface area contributed by atoms with Crippen molar-refractivity contribution in [2.75, 3.05) is 40.4 Å². The van der Waals surface area contributed by atoms with Crippen molar-refractivity contribution in [1.29, 1.82) is 0 Å². The van der Waals surface area contributed by atoms with Crippen LogP contribution in [0.15, 0.2) is 0 Å². The lowest BCUT2D eigenvalue weighted by Crippen LogP contribution is -2.52. The van der Waals surface area contributed by atoms with Crippen LogP contribution in [0.4, 0.5) is 26.3 Å². The Hall–Kier alpha value is -2.41. The number of carbonyl (C=O) groups is 4. The van der Waals surface area contributed by atoms with Gasteiger partial charge in [0.25, 0.3) is 0 Å². The molecule has 4 atom stereocenters. The van der Waals surface area contributed by atoms with E-state index in [9.17, 15) is 55.7 Å². The Morgan fingerprint density at radius 2 is 1.12 bits per heavy atom. The molecule has 0 unspecified atom stereocenters. The number of nitrogens with zero attached hydrogens (tertiary/aromatic N) is 2. The third kappa shape index (κ3) is 15.2. The summed E-state index contributed by atoms with van der Waals surface area (Å²) < 4.78 is 81.7. The quantitative estimate of drug-likeness (QED) is 0.249. The number of methoxy groups -OCH3 is 2. The van der Waals surface area contributed by atoms with E-state index < -0.39 is 53.4 Å². The SMILES string of the molecule is CC(C)(O)[C@@H]1CCCN1.CC(C)(O)[C@@H]1CCCN1C(=O)C(F)(F)F.COC(=O)[C@@H]1CCCN1.COC(=O)[C@H]1CCCN1C(=O)C(F)(F)F.Cl. The number of likely N-dealkylation sites (tertiary alicyclic amines) is 2. The van der Waals surface area contributed by atoms with Gasteiger partial charge in [-0.25, -0.2) is 4.79 Å². The second kappa shape index (κ2) is 19.8. The fourth-order valence-corrected chi connectivity index (χ4v) is 5.78. The summed E-state index contributed by atoms with van der Waals surface area (Å²) in [5.74, 6) is -4.76. The molecule has 4 fully saturated rings. The zero-order chi connectivity index (χ0) is 37.1. The number of nitrogens with one attached hydrogen (secondary N) is 2. The lowest BCUT2D eigenvalue weighted by molar-refractivity contribution is -0.189. The average Bonchev–Trinajstić information content (AvgIpc) is 3.81. The van der Waals surface area contributed by atoms with Gasteiger partial charge in [-0.15, -0.1) is 12.4 Å². The minimum atomic E-state index is -4.93. The standard InChI is InChI=1S/C9H14F3NO2.C8H10F3NO3.C7H15NO.C6H11NO2.ClH/c1-8(2,15)6-4-3-5-13(6)7(14)9(10,11)12;1-15-6(13)5-3-2-4-12(5)7(14)8(9,10)11;1-7(2,9)6-4-3-5-8-6;1-9-6(8)5-3-2-4-7-5;/h6,15H,3-5H2,1-2H3;5H,2-4H2,1H3;6,8-9H,3-5H2,1-2H3;5,7H,2-4H2,1H3;1H/t6-;5-;6-;5-;/m0100./s1. The van der Waals surface area contributed by atoms with Crippen LogP contribution in [0.5, 0.6) is 0 Å². The first kappa shape index (κ1) is 46.6. The van der Waals surface area contributed by atoms with Crippen molar-refractivity contribution in [3.8, 4) is 0 Å². The van der Waals surface area contributed by atoms with E-state index in [1.165, 1.54) is 27.4 Å². The molecule has 0 aliphatic carbocycles. The van der Waals surface area contributed by atoms with Crippen molar-refractivity contribution < 1.29 is 65.2 Å². The molecule has 0 aromatic carbocycles. The lowest BCUT2D eigenvalue weighted by atomic mass is 9.96. The fourth-order valence-electron chi connectivity index (χ4n) is 5.78. The number of rotatable bonds is 4. The van der Waals surface area contributed by atoms with Crippen molar-refractivity contribution in [3.05, 3.63) is 0 Å². The molecular weight excluding hydrogens is 694 g/mol. The van der Waals surface area contributed by atoms with Gasteiger partial charge in [0.15, 0.2) is 0 Å². The molecule has 4 saturated heterocycles. The van der Waals surface area contributed by atoms with E-state index in [1.807, 2.05) is 13.8 Å². The summed E-state index contributed by atoms with van der Waals surface area (Å²) in [6.07, 6.45) is -3.97. The van der Waals surface area contributed by atoms with Crippen molar-refractivity contribution in [1.82, 2.24) is 20.4 Å². The van der Waals surface area contributed by atoms with Gasteiger partial charge in [-0.3, -0.25) is 14.4 Å². The number of esters is 2. The Balaban J connectivity index is 0.000000640. The molecular formula is C30H51ClF6N4O8. The van der Waals surface area contributed by atoms with Crippen LogP contribution in [0.2, 0.25) is 0 Å². The summed E-state index contributed by atoms with van der Waals surface area (Å²) in [5.41, 5.74) is -1.83. The molecule has 2 amide bonds. The number of alkyl halides is 6. The van der Waals surface area contributed by atoms with Gasteiger partial charge in [-0.2, -0.15) is 26.3 Å². The van der Waals surface area contributed by atoms with Gasteiger partial charge in [0, 0.05) is 19.1 Å². The second-order valence-corrected chi connectivity index (χ2v) is 13.0. The van der Waals surface area contributed by atoms with Gasteiger partial charge in [0.2, 0.25) is 0 Å². The Labute approximate surface area is 289 Å². The van der Waals surface area contributed by atoms with Crippen molar-refractivity contribution in [2.24, 2.45) is 0 Å². The average molecular weight is 745 g/mol. The summed E-state index contributed by atoms with van der Waals surface area (Å²) >= 11 is 0. The van der Waals surface area contributed by atoms with Crippen LogP contribution in [0.1, 0.15) is 79.1 Å². The van der Waals surface area contributed by atoms with E-state index in [1.54, 1.807) is 0 Å². The Morgan fingerprint density at radius 1 is 0.653 bits per heavy atom. The fraction of sp³-hybridized carbons (Fsp3) is 0.867. The van der Waals surface area contributed by atoms with Gasteiger partial charge in [-0.05, 0) is 92.2 Å². The van der Waals surface area contributed by atoms with E-state index in [2.05, 4.69) is 20.1 Å². The number of halogens is 7. The summed E-state index contributed by atoms with van der Waals surface area (Å²) in [4.78, 5) is 44.9. The maximum Gasteiger partial charge on any atom is 0.471 e. The minimum absolute atomic E-state index is 0. The van der Waals surface area contributed by atoms with E-state index in [4.69, 9.17) is 0 Å². The summed E-state index contributed by atoms with van der Waals surface area (Å²) in [7, 11) is 2.50. The number of amides is 2. The zero-order valence-corrected chi connectivity index (χ0v) is 29.5. The topological polar surface area (TPSA) is 158 Å². The number of hydrogen-bond donors (Lipinski definition) is 4. The predicted molar refractivity (Wildman–Crippen MR) is 168 cm³/mol. The predicted octanol–water partition coefficient (Wildman–Crippen LogP) is 2.87. The summed E-state index contributed by atoms with van der Waals surface area (Å²) in [6.45, 7) is 8.56. The first-order valence-corrected chi connectivity index (χ1v) is 15.8. The lowest BCUT2D eigenvalue weighted by Gasteiger charge is -2.34. The third-order valence-corrected chi connectivity index (χ3v) is 8.26. The number of aliphatic hydroxyl groups is 2. The van der Waals surface area contributed by atoms with E-state index in [0.29, 0.717) is 30.2 Å². The maximum absolute atomic E-state index is 12.2. The molecule has 288 valence electrons. The van der Waals surface area contributed by atoms with Gasteiger partial charge in [0.1, 0.15) is 12.1 Å². The highest BCUT2D eigenvalue weighted by Crippen LogP contribution is 2.31. The van der Waals surface area contributed by atoms with Gasteiger partial charge >= 0.3 is 36.1 Å². The van der Waals surface area contributed by atoms with Crippen LogP contribution in [0.25, 0.3) is 0 Å². The molecule has 49 heavy (non-hydrogen) atoms. The smallest absolute Gasteiger partial charge is 0.468 e. The molecule has 0 radical (unpaired) electrons. The second-order valence-electron chi connectivity index (χ2n) is 13.0. The molecule has 0 aromatic heterocycles. The normalized spacial score (nSPS) is 23.9. The highest BCUT2D eigenvalue weighted by Gasteiger charge is 2.49. The molecule has 0 aromatic rings. The van der Waals surface area contributed by atoms with Crippen LogP contribution in [0.3, 0.4) is 0 Å². The van der Waals surface area contributed by atoms with E-state index >= 15 is 0 Å². The highest BCUT2D eigenvalue weighted by molar-refractivity contribution is 5.88. The van der Waals surface area contributed by atoms with Crippen molar-refractivity contribution >= 4 is 36.2 Å². The monoisotopic (exact) mass is 744 g/mol. The maximum atomic E-state index is 12.2. The summed E-state index contributed by atoms with van der Waals surface area (Å²) in [5, 5.41) is 25.4. The molecule has 0 saturated carbocycles. The first-order chi connectivity index (χ1) is 22.0. The molecule has 0 bridgehead atoms. The summed E-state index contributed by atoms with van der Waals surface area (Å²) in [6, 6.07) is -1.55. The zero-order valence-electron chi connectivity index (χ0n) is 28.7. The van der Waals surface area contributed by atoms with E-state index in [-0.39, 0.29) is 43.9 Å². The molecule has 4 aliphatic heterocycles. The Bertz CT molecular complexity index is 1060. The Kier molecular flexibility index (Phi) is 18.9. The largest absolute Gasteiger partial charge is 0.471 e. The highest BCUT2D eigenvalue weighted by atomic mass is 35.5. The van der Waals surface area contributed by atoms with Gasteiger partial charge in [0.05, 0.1) is 31.5 Å².